The van der Waals surface area contributed by atoms with Crippen molar-refractivity contribution >= 4 is 33.8 Å². The van der Waals surface area contributed by atoms with E-state index in [-0.39, 0.29) is 29.9 Å². The molecule has 0 radical (unpaired) electrons. The molecule has 0 bridgehead atoms. The molecule has 0 saturated carbocycles. The van der Waals surface area contributed by atoms with Gasteiger partial charge in [-0.15, -0.1) is 0 Å². The van der Waals surface area contributed by atoms with Gasteiger partial charge in [-0.25, -0.2) is 0 Å². The first-order valence-electron chi connectivity index (χ1n) is 8.39. The van der Waals surface area contributed by atoms with Crippen LogP contribution in [-0.2, 0) is 13.1 Å². The number of rotatable bonds is 5. The third-order valence-electron chi connectivity index (χ3n) is 4.20. The Balaban J connectivity index is 1.64. The number of alkyl halides is 3. The molecule has 7 nitrogen and oxygen atoms in total. The second-order valence-electron chi connectivity index (χ2n) is 6.22. The smallest absolute Gasteiger partial charge is 0.398 e. The summed E-state index contributed by atoms with van der Waals surface area (Å²) in [6, 6.07) is 7.89. The Kier molecular flexibility index (Phi) is 4.74. The van der Waals surface area contributed by atoms with Gasteiger partial charge < -0.3 is 20.1 Å². The quantitative estimate of drug-likeness (QED) is 0.477. The number of nitrogens with two attached hydrogens (primary N) is 1. The maximum Gasteiger partial charge on any atom is 0.406 e. The fraction of sp³-hybridized carbons (Fsp3) is 0.167. The van der Waals surface area contributed by atoms with Crippen molar-refractivity contribution in [2.24, 2.45) is 0 Å². The topological polar surface area (TPSA) is 99.0 Å². The van der Waals surface area contributed by atoms with E-state index in [1.807, 2.05) is 0 Å². The van der Waals surface area contributed by atoms with Gasteiger partial charge in [-0.2, -0.15) is 29.5 Å². The Labute approximate surface area is 165 Å². The third kappa shape index (κ3) is 3.94. The molecule has 0 unspecified atom stereocenters. The summed E-state index contributed by atoms with van der Waals surface area (Å²) in [5, 5.41) is 10.3. The molecule has 150 valence electrons. The van der Waals surface area contributed by atoms with E-state index < -0.39 is 12.7 Å². The average Bonchev–Trinajstić information content (AvgIpc) is 3.39. The van der Waals surface area contributed by atoms with Crippen LogP contribution in [-0.4, -0.2) is 26.8 Å². The largest absolute Gasteiger partial charge is 0.406 e. The Morgan fingerprint density at radius 1 is 1.31 bits per heavy atom. The second kappa shape index (κ2) is 7.24. The number of fused-ring (bicyclic) bond motifs is 1. The average molecular weight is 421 g/mol. The molecule has 0 fully saturated rings. The number of amides is 1. The highest BCUT2D eigenvalue weighted by Gasteiger charge is 2.31. The van der Waals surface area contributed by atoms with E-state index in [1.165, 1.54) is 17.4 Å². The number of benzene rings is 1. The number of aromatic nitrogens is 3. The lowest BCUT2D eigenvalue weighted by atomic mass is 10.2. The van der Waals surface area contributed by atoms with Gasteiger partial charge in [0, 0.05) is 22.0 Å². The van der Waals surface area contributed by atoms with E-state index in [4.69, 9.17) is 10.3 Å². The minimum Gasteiger partial charge on any atom is -0.398 e. The van der Waals surface area contributed by atoms with Crippen molar-refractivity contribution in [3.63, 3.8) is 0 Å². The van der Waals surface area contributed by atoms with Gasteiger partial charge in [0.1, 0.15) is 6.54 Å². The van der Waals surface area contributed by atoms with Crippen LogP contribution in [0.3, 0.4) is 0 Å². The fourth-order valence-electron chi connectivity index (χ4n) is 2.92. The molecule has 4 aromatic rings. The summed E-state index contributed by atoms with van der Waals surface area (Å²) in [5.74, 6) is -0.269. The molecule has 0 saturated heterocycles. The molecule has 4 rings (SSSR count). The van der Waals surface area contributed by atoms with Gasteiger partial charge in [-0.05, 0) is 29.6 Å². The zero-order valence-electron chi connectivity index (χ0n) is 14.7. The number of thiophene rings is 1. The summed E-state index contributed by atoms with van der Waals surface area (Å²) in [7, 11) is 0. The zero-order chi connectivity index (χ0) is 20.6. The van der Waals surface area contributed by atoms with Gasteiger partial charge in [-0.3, -0.25) is 4.79 Å². The summed E-state index contributed by atoms with van der Waals surface area (Å²) in [4.78, 5) is 16.1. The summed E-state index contributed by atoms with van der Waals surface area (Å²) in [6.45, 7) is -1.28. The molecule has 3 heterocycles. The highest BCUT2D eigenvalue weighted by Crippen LogP contribution is 2.32. The summed E-state index contributed by atoms with van der Waals surface area (Å²) >= 11 is 1.38. The summed E-state index contributed by atoms with van der Waals surface area (Å²) < 4.78 is 45.5. The number of nitrogens with zero attached hydrogens (tertiary/aromatic N) is 3. The lowest BCUT2D eigenvalue weighted by molar-refractivity contribution is -0.139. The van der Waals surface area contributed by atoms with Crippen LogP contribution in [0.1, 0.15) is 16.2 Å². The Morgan fingerprint density at radius 3 is 2.86 bits per heavy atom. The van der Waals surface area contributed by atoms with Crippen molar-refractivity contribution < 1.29 is 22.5 Å². The fourth-order valence-corrected chi connectivity index (χ4v) is 3.56. The van der Waals surface area contributed by atoms with Crippen molar-refractivity contribution in [3.8, 4) is 11.5 Å². The number of halogens is 3. The standard InChI is InChI=1S/C18H14F3N5O2S/c19-18(20,21)9-26-13-3-1-2-12(22)11(13)6-14(26)16-24-15(28-25-16)7-23-17(27)10-4-5-29-8-10/h1-6,8H,7,9,22H2,(H,23,27). The van der Waals surface area contributed by atoms with Crippen LogP contribution in [0.4, 0.5) is 18.9 Å². The molecule has 0 aliphatic heterocycles. The number of anilines is 1. The normalized spacial score (nSPS) is 11.8. The van der Waals surface area contributed by atoms with Crippen molar-refractivity contribution in [1.29, 1.82) is 0 Å². The molecule has 3 N–H and O–H groups in total. The molecule has 1 aromatic carbocycles. The molecular formula is C18H14F3N5O2S. The van der Waals surface area contributed by atoms with Crippen LogP contribution >= 0.6 is 11.3 Å². The summed E-state index contributed by atoms with van der Waals surface area (Å²) in [5.41, 5.74) is 7.18. The van der Waals surface area contributed by atoms with Crippen LogP contribution in [0, 0.1) is 0 Å². The molecule has 0 aliphatic rings. The minimum absolute atomic E-state index is 0.0235. The van der Waals surface area contributed by atoms with Crippen molar-refractivity contribution in [2.75, 3.05) is 5.73 Å². The maximum atomic E-state index is 13.1. The maximum absolute atomic E-state index is 13.1. The van der Waals surface area contributed by atoms with E-state index in [9.17, 15) is 18.0 Å². The summed E-state index contributed by atoms with van der Waals surface area (Å²) in [6.07, 6.45) is -4.45. The molecule has 0 aliphatic carbocycles. The van der Waals surface area contributed by atoms with E-state index in [0.29, 0.717) is 22.2 Å². The van der Waals surface area contributed by atoms with Crippen LogP contribution in [0.5, 0.6) is 0 Å². The highest BCUT2D eigenvalue weighted by molar-refractivity contribution is 7.08. The van der Waals surface area contributed by atoms with Crippen LogP contribution in [0.2, 0.25) is 0 Å². The van der Waals surface area contributed by atoms with Crippen LogP contribution in [0.25, 0.3) is 22.4 Å². The van der Waals surface area contributed by atoms with Gasteiger partial charge >= 0.3 is 6.18 Å². The van der Waals surface area contributed by atoms with Crippen LogP contribution < -0.4 is 11.1 Å². The molecule has 0 spiro atoms. The third-order valence-corrected chi connectivity index (χ3v) is 4.88. The minimum atomic E-state index is -4.45. The lowest BCUT2D eigenvalue weighted by Crippen LogP contribution is -2.22. The van der Waals surface area contributed by atoms with Crippen molar-refractivity contribution in [3.05, 3.63) is 52.5 Å². The molecular weight excluding hydrogens is 407 g/mol. The van der Waals surface area contributed by atoms with E-state index in [2.05, 4.69) is 15.5 Å². The van der Waals surface area contributed by atoms with Gasteiger partial charge in [0.05, 0.1) is 17.8 Å². The Bertz CT molecular complexity index is 1160. The molecule has 1 amide bonds. The van der Waals surface area contributed by atoms with E-state index in [1.54, 1.807) is 35.0 Å². The first-order chi connectivity index (χ1) is 13.8. The predicted octanol–water partition coefficient (Wildman–Crippen LogP) is 3.83. The molecule has 11 heteroatoms. The van der Waals surface area contributed by atoms with Gasteiger partial charge in [-0.1, -0.05) is 11.2 Å². The Morgan fingerprint density at radius 2 is 2.14 bits per heavy atom. The molecule has 3 aromatic heterocycles. The SMILES string of the molecule is Nc1cccc2c1cc(-c1noc(CNC(=O)c3ccsc3)n1)n2CC(F)(F)F. The predicted molar refractivity (Wildman–Crippen MR) is 101 cm³/mol. The number of hydrogen-bond acceptors (Lipinski definition) is 6. The van der Waals surface area contributed by atoms with Gasteiger partial charge in [0.15, 0.2) is 0 Å². The van der Waals surface area contributed by atoms with Gasteiger partial charge in [0.25, 0.3) is 5.91 Å². The van der Waals surface area contributed by atoms with E-state index >= 15 is 0 Å². The number of carbonyl (C=O) groups excluding carboxylic acids is 1. The van der Waals surface area contributed by atoms with Gasteiger partial charge in [0.2, 0.25) is 11.7 Å². The number of hydrogen-bond donors (Lipinski definition) is 2. The van der Waals surface area contributed by atoms with Crippen molar-refractivity contribution in [1.82, 2.24) is 20.0 Å². The van der Waals surface area contributed by atoms with Crippen molar-refractivity contribution in [2.45, 2.75) is 19.3 Å². The number of nitrogens with one attached hydrogen (secondary N) is 1. The zero-order valence-corrected chi connectivity index (χ0v) is 15.5. The molecule has 29 heavy (non-hydrogen) atoms. The second-order valence-corrected chi connectivity index (χ2v) is 7.00. The number of carbonyl (C=O) groups is 1. The molecule has 0 atom stereocenters. The number of nitrogen functional groups attached to an aromatic ring is 1. The van der Waals surface area contributed by atoms with E-state index in [0.717, 1.165) is 4.57 Å². The van der Waals surface area contributed by atoms with Crippen LogP contribution in [0.15, 0.2) is 45.6 Å². The highest BCUT2D eigenvalue weighted by atomic mass is 32.1. The first-order valence-corrected chi connectivity index (χ1v) is 9.34. The monoisotopic (exact) mass is 421 g/mol. The Hall–Kier alpha value is -3.34. The first kappa shape index (κ1) is 19.0. The lowest BCUT2D eigenvalue weighted by Gasteiger charge is -2.11.